The molecule has 30 heavy (non-hydrogen) atoms. The topological polar surface area (TPSA) is 79.4 Å². The summed E-state index contributed by atoms with van der Waals surface area (Å²) in [6, 6.07) is 16.1. The Morgan fingerprint density at radius 3 is 2.33 bits per heavy atom. The van der Waals surface area contributed by atoms with Gasteiger partial charge in [-0.1, -0.05) is 12.1 Å². The predicted molar refractivity (Wildman–Crippen MR) is 117 cm³/mol. The second-order valence-electron chi connectivity index (χ2n) is 7.43. The minimum atomic E-state index is -3.72. The number of aromatic nitrogens is 1. The molecule has 4 rings (SSSR count). The van der Waals surface area contributed by atoms with Crippen LogP contribution in [0.3, 0.4) is 0 Å². The first-order valence-corrected chi connectivity index (χ1v) is 11.3. The molecule has 7 heteroatoms. The molecule has 1 aromatic heterocycles. The van der Waals surface area contributed by atoms with E-state index < -0.39 is 10.0 Å². The fourth-order valence-corrected chi connectivity index (χ4v) is 4.79. The van der Waals surface area contributed by atoms with Gasteiger partial charge in [-0.15, -0.1) is 0 Å². The van der Waals surface area contributed by atoms with Crippen molar-refractivity contribution in [3.8, 4) is 0 Å². The number of hydrogen-bond donors (Lipinski definition) is 1. The number of hydrogen-bond acceptors (Lipinski definition) is 4. The number of amides is 1. The van der Waals surface area contributed by atoms with Gasteiger partial charge in [0.25, 0.3) is 10.0 Å². The van der Waals surface area contributed by atoms with Crippen molar-refractivity contribution in [3.63, 3.8) is 0 Å². The average molecular weight is 422 g/mol. The molecule has 3 aromatic rings. The van der Waals surface area contributed by atoms with Crippen molar-refractivity contribution in [1.29, 1.82) is 0 Å². The van der Waals surface area contributed by atoms with Crippen LogP contribution in [0, 0.1) is 6.92 Å². The maximum atomic E-state index is 12.8. The fourth-order valence-electron chi connectivity index (χ4n) is 3.64. The van der Waals surface area contributed by atoms with Gasteiger partial charge >= 0.3 is 0 Å². The lowest BCUT2D eigenvalue weighted by molar-refractivity contribution is -0.117. The Morgan fingerprint density at radius 2 is 1.70 bits per heavy atom. The average Bonchev–Trinajstić information content (AvgIpc) is 3.15. The summed E-state index contributed by atoms with van der Waals surface area (Å²) in [5, 5.41) is 0. The Kier molecular flexibility index (Phi) is 5.55. The Morgan fingerprint density at radius 1 is 1.00 bits per heavy atom. The summed E-state index contributed by atoms with van der Waals surface area (Å²) in [5.74, 6) is 0.0821. The third kappa shape index (κ3) is 4.36. The van der Waals surface area contributed by atoms with E-state index in [-0.39, 0.29) is 10.8 Å². The molecule has 0 bridgehead atoms. The SMILES string of the molecule is Cc1cc(S(=O)(=O)Nc2ccc(Cc3ccncc3)cc2)ccc1N1CCCC1=O. The van der Waals surface area contributed by atoms with E-state index >= 15 is 0 Å². The van der Waals surface area contributed by atoms with Crippen LogP contribution in [0.25, 0.3) is 0 Å². The molecule has 0 saturated carbocycles. The Bertz CT molecular complexity index is 1160. The van der Waals surface area contributed by atoms with Crippen LogP contribution >= 0.6 is 0 Å². The van der Waals surface area contributed by atoms with Crippen LogP contribution in [0.1, 0.15) is 29.5 Å². The van der Waals surface area contributed by atoms with E-state index in [0.29, 0.717) is 18.7 Å². The number of sulfonamides is 1. The van der Waals surface area contributed by atoms with Gasteiger partial charge in [0.15, 0.2) is 0 Å². The van der Waals surface area contributed by atoms with Crippen molar-refractivity contribution in [2.24, 2.45) is 0 Å². The van der Waals surface area contributed by atoms with E-state index in [9.17, 15) is 13.2 Å². The number of pyridine rings is 1. The van der Waals surface area contributed by atoms with Crippen molar-refractivity contribution in [2.75, 3.05) is 16.2 Å². The molecule has 1 amide bonds. The first-order chi connectivity index (χ1) is 14.4. The van der Waals surface area contributed by atoms with Gasteiger partial charge in [0.2, 0.25) is 5.91 Å². The molecule has 1 N–H and O–H groups in total. The first-order valence-electron chi connectivity index (χ1n) is 9.84. The van der Waals surface area contributed by atoms with Gasteiger partial charge in [-0.05, 0) is 78.9 Å². The highest BCUT2D eigenvalue weighted by Gasteiger charge is 2.24. The molecule has 0 atom stereocenters. The Balaban J connectivity index is 1.48. The smallest absolute Gasteiger partial charge is 0.261 e. The summed E-state index contributed by atoms with van der Waals surface area (Å²) in [7, 11) is -3.72. The number of benzene rings is 2. The molecular formula is C23H23N3O3S. The number of anilines is 2. The van der Waals surface area contributed by atoms with Crippen LogP contribution in [0.4, 0.5) is 11.4 Å². The number of aryl methyl sites for hydroxylation is 1. The van der Waals surface area contributed by atoms with Gasteiger partial charge in [0.05, 0.1) is 4.90 Å². The number of nitrogens with one attached hydrogen (secondary N) is 1. The second kappa shape index (κ2) is 8.28. The highest BCUT2D eigenvalue weighted by Crippen LogP contribution is 2.28. The molecule has 1 saturated heterocycles. The molecule has 1 aliphatic heterocycles. The minimum Gasteiger partial charge on any atom is -0.312 e. The monoisotopic (exact) mass is 421 g/mol. The highest BCUT2D eigenvalue weighted by atomic mass is 32.2. The number of nitrogens with zero attached hydrogens (tertiary/aromatic N) is 2. The molecule has 1 fully saturated rings. The van der Waals surface area contributed by atoms with Gasteiger partial charge in [-0.25, -0.2) is 8.42 Å². The molecule has 6 nitrogen and oxygen atoms in total. The zero-order valence-corrected chi connectivity index (χ0v) is 17.5. The number of carbonyl (C=O) groups excluding carboxylic acids is 1. The molecule has 2 aromatic carbocycles. The molecule has 2 heterocycles. The maximum absolute atomic E-state index is 12.8. The fraction of sp³-hybridized carbons (Fsp3) is 0.217. The molecule has 0 aliphatic carbocycles. The molecule has 0 radical (unpaired) electrons. The summed E-state index contributed by atoms with van der Waals surface area (Å²) in [5.41, 5.74) is 4.27. The maximum Gasteiger partial charge on any atom is 0.261 e. The lowest BCUT2D eigenvalue weighted by Gasteiger charge is -2.19. The van der Waals surface area contributed by atoms with Gasteiger partial charge < -0.3 is 4.90 Å². The zero-order valence-electron chi connectivity index (χ0n) is 16.7. The van der Waals surface area contributed by atoms with Crippen molar-refractivity contribution in [2.45, 2.75) is 31.1 Å². The zero-order chi connectivity index (χ0) is 21.1. The second-order valence-corrected chi connectivity index (χ2v) is 9.11. The summed E-state index contributed by atoms with van der Waals surface area (Å²) < 4.78 is 28.3. The van der Waals surface area contributed by atoms with E-state index in [1.807, 2.05) is 31.2 Å². The van der Waals surface area contributed by atoms with Crippen molar-refractivity contribution < 1.29 is 13.2 Å². The summed E-state index contributed by atoms with van der Waals surface area (Å²) in [6.45, 7) is 2.50. The van der Waals surface area contributed by atoms with Crippen molar-refractivity contribution >= 4 is 27.3 Å². The van der Waals surface area contributed by atoms with E-state index in [0.717, 1.165) is 35.2 Å². The van der Waals surface area contributed by atoms with Crippen LogP contribution in [-0.4, -0.2) is 25.9 Å². The van der Waals surface area contributed by atoms with Crippen LogP contribution < -0.4 is 9.62 Å². The summed E-state index contributed by atoms with van der Waals surface area (Å²) in [6.07, 6.45) is 5.64. The van der Waals surface area contributed by atoms with Crippen LogP contribution in [0.15, 0.2) is 71.9 Å². The molecule has 1 aliphatic rings. The molecule has 0 unspecified atom stereocenters. The number of rotatable bonds is 6. The largest absolute Gasteiger partial charge is 0.312 e. The van der Waals surface area contributed by atoms with Crippen LogP contribution in [0.2, 0.25) is 0 Å². The van der Waals surface area contributed by atoms with Crippen molar-refractivity contribution in [1.82, 2.24) is 4.98 Å². The van der Waals surface area contributed by atoms with E-state index in [1.54, 1.807) is 47.6 Å². The summed E-state index contributed by atoms with van der Waals surface area (Å²) >= 11 is 0. The van der Waals surface area contributed by atoms with Gasteiger partial charge in [-0.3, -0.25) is 14.5 Å². The van der Waals surface area contributed by atoms with E-state index in [2.05, 4.69) is 9.71 Å². The Hall–Kier alpha value is -3.19. The number of carbonyl (C=O) groups is 1. The normalized spacial score (nSPS) is 14.2. The van der Waals surface area contributed by atoms with E-state index in [1.165, 1.54) is 0 Å². The van der Waals surface area contributed by atoms with Gasteiger partial charge in [0.1, 0.15) is 0 Å². The third-order valence-corrected chi connectivity index (χ3v) is 6.59. The molecular weight excluding hydrogens is 398 g/mol. The standard InChI is InChI=1S/C23H23N3O3S/c1-17-15-21(8-9-22(17)26-14-2-3-23(26)27)30(28,29)25-20-6-4-18(5-7-20)16-19-10-12-24-13-11-19/h4-13,15,25H,2-3,14,16H2,1H3. The van der Waals surface area contributed by atoms with Gasteiger partial charge in [-0.2, -0.15) is 0 Å². The predicted octanol–water partition coefficient (Wildman–Crippen LogP) is 3.91. The lowest BCUT2D eigenvalue weighted by atomic mass is 10.1. The first kappa shape index (κ1) is 20.1. The van der Waals surface area contributed by atoms with Crippen LogP contribution in [-0.2, 0) is 21.2 Å². The van der Waals surface area contributed by atoms with Crippen LogP contribution in [0.5, 0.6) is 0 Å². The van der Waals surface area contributed by atoms with E-state index in [4.69, 9.17) is 0 Å². The quantitative estimate of drug-likeness (QED) is 0.655. The lowest BCUT2D eigenvalue weighted by Crippen LogP contribution is -2.24. The van der Waals surface area contributed by atoms with Crippen molar-refractivity contribution in [3.05, 3.63) is 83.7 Å². The minimum absolute atomic E-state index is 0.0821. The van der Waals surface area contributed by atoms with Gasteiger partial charge in [0, 0.05) is 36.7 Å². The highest BCUT2D eigenvalue weighted by molar-refractivity contribution is 7.92. The third-order valence-electron chi connectivity index (χ3n) is 5.21. The summed E-state index contributed by atoms with van der Waals surface area (Å²) in [4.78, 5) is 17.9. The molecule has 154 valence electrons. The molecule has 0 spiro atoms. The Labute approximate surface area is 176 Å².